The normalized spacial score (nSPS) is 14.0. The lowest BCUT2D eigenvalue weighted by molar-refractivity contribution is -0.139. The van der Waals surface area contributed by atoms with E-state index in [-0.39, 0.29) is 66.3 Å². The van der Waals surface area contributed by atoms with Gasteiger partial charge >= 0.3 is 5.97 Å². The van der Waals surface area contributed by atoms with Gasteiger partial charge in [0.2, 0.25) is 17.8 Å². The van der Waals surface area contributed by atoms with Gasteiger partial charge in [0.05, 0.1) is 18.4 Å². The molecule has 43 heavy (non-hydrogen) atoms. The zero-order chi connectivity index (χ0) is 30.8. The molecular weight excluding hydrogens is 558 g/mol. The number of aromatic amines is 1. The highest BCUT2D eigenvalue weighted by Gasteiger charge is 2.22. The average Bonchev–Trinajstić information content (AvgIpc) is 3.00. The van der Waals surface area contributed by atoms with Crippen molar-refractivity contribution in [1.29, 1.82) is 0 Å². The first kappa shape index (κ1) is 30.9. The Bertz CT molecular complexity index is 1520. The maximum atomic E-state index is 12.7. The fourth-order valence-electron chi connectivity index (χ4n) is 4.75. The number of carboxylic acids is 1. The summed E-state index contributed by atoms with van der Waals surface area (Å²) < 4.78 is 0. The SMILES string of the molecule is Nc1nc2ncc(CNc3ccc(C(=O)NC(CCC(=O)NCCNC(=O)C4CCCCC4)C(=O)O)cc3)nc2c(=O)[nH]1. The Balaban J connectivity index is 1.20. The van der Waals surface area contributed by atoms with Gasteiger partial charge in [0, 0.05) is 36.7 Å². The molecule has 1 saturated carbocycles. The van der Waals surface area contributed by atoms with Crippen molar-refractivity contribution in [1.82, 2.24) is 35.9 Å². The lowest BCUT2D eigenvalue weighted by Gasteiger charge is -2.20. The Morgan fingerprint density at radius 3 is 2.47 bits per heavy atom. The molecule has 1 aliphatic rings. The molecule has 4 rings (SSSR count). The molecule has 0 bridgehead atoms. The smallest absolute Gasteiger partial charge is 0.326 e. The number of carboxylic acid groups (broad SMARTS) is 1. The number of nitrogen functional groups attached to an aromatic ring is 1. The Hall–Kier alpha value is -5.08. The fraction of sp³-hybridized carbons (Fsp3) is 0.429. The van der Waals surface area contributed by atoms with Crippen molar-refractivity contribution in [2.45, 2.75) is 57.5 Å². The largest absolute Gasteiger partial charge is 0.480 e. The van der Waals surface area contributed by atoms with Crippen molar-refractivity contribution in [3.05, 3.63) is 52.1 Å². The van der Waals surface area contributed by atoms with Crippen molar-refractivity contribution in [2.75, 3.05) is 24.1 Å². The number of fused-ring (bicyclic) bond motifs is 1. The molecule has 0 aliphatic heterocycles. The lowest BCUT2D eigenvalue weighted by atomic mass is 9.89. The van der Waals surface area contributed by atoms with Crippen LogP contribution < -0.4 is 32.6 Å². The van der Waals surface area contributed by atoms with E-state index in [4.69, 9.17) is 5.73 Å². The van der Waals surface area contributed by atoms with Crippen LogP contribution in [0, 0.1) is 5.92 Å². The highest BCUT2D eigenvalue weighted by molar-refractivity contribution is 5.97. The van der Waals surface area contributed by atoms with E-state index in [1.54, 1.807) is 12.1 Å². The molecule has 0 radical (unpaired) electrons. The number of nitrogens with one attached hydrogen (secondary N) is 5. The third-order valence-corrected chi connectivity index (χ3v) is 7.09. The van der Waals surface area contributed by atoms with E-state index in [2.05, 4.69) is 41.2 Å². The number of H-pyrrole nitrogens is 1. The van der Waals surface area contributed by atoms with Gasteiger partial charge in [-0.3, -0.25) is 24.2 Å². The summed E-state index contributed by atoms with van der Waals surface area (Å²) in [7, 11) is 0. The predicted octanol–water partition coefficient (Wildman–Crippen LogP) is 0.683. The van der Waals surface area contributed by atoms with Crippen LogP contribution in [0.25, 0.3) is 11.2 Å². The summed E-state index contributed by atoms with van der Waals surface area (Å²) in [6, 6.07) is 5.05. The van der Waals surface area contributed by atoms with Crippen molar-refractivity contribution >= 4 is 46.5 Å². The molecule has 15 heteroatoms. The van der Waals surface area contributed by atoms with Crippen molar-refractivity contribution < 1.29 is 24.3 Å². The van der Waals surface area contributed by atoms with Crippen LogP contribution in [0.15, 0.2) is 35.3 Å². The van der Waals surface area contributed by atoms with E-state index < -0.39 is 23.5 Å². The highest BCUT2D eigenvalue weighted by Crippen LogP contribution is 2.23. The lowest BCUT2D eigenvalue weighted by Crippen LogP contribution is -2.42. The topological polar surface area (TPSA) is 234 Å². The molecule has 0 saturated heterocycles. The molecule has 1 aromatic carbocycles. The summed E-state index contributed by atoms with van der Waals surface area (Å²) in [6.07, 6.45) is 6.31. The van der Waals surface area contributed by atoms with Gasteiger partial charge in [-0.1, -0.05) is 19.3 Å². The number of amides is 3. The van der Waals surface area contributed by atoms with Crippen LogP contribution in [-0.2, 0) is 20.9 Å². The first-order valence-corrected chi connectivity index (χ1v) is 14.1. The van der Waals surface area contributed by atoms with Crippen molar-refractivity contribution in [2.24, 2.45) is 5.92 Å². The van der Waals surface area contributed by atoms with Crippen LogP contribution in [-0.4, -0.2) is 67.9 Å². The number of aromatic nitrogens is 4. The number of nitrogens with zero attached hydrogens (tertiary/aromatic N) is 3. The first-order valence-electron chi connectivity index (χ1n) is 14.1. The zero-order valence-corrected chi connectivity index (χ0v) is 23.5. The Kier molecular flexibility index (Phi) is 10.6. The second kappa shape index (κ2) is 14.7. The van der Waals surface area contributed by atoms with Gasteiger partial charge in [0.15, 0.2) is 11.2 Å². The van der Waals surface area contributed by atoms with Crippen molar-refractivity contribution in [3.8, 4) is 0 Å². The standard InChI is InChI=1S/C28H35N9O6/c29-28-36-23-22(26(41)37-28)34-19(15-33-23)14-32-18-8-6-17(7-9-18)25(40)35-20(27(42)43)10-11-21(38)30-12-13-31-24(39)16-4-2-1-3-5-16/h6-9,15-16,20,32H,1-5,10-14H2,(H,30,38)(H,31,39)(H,35,40)(H,42,43)(H3,29,33,36,37,41). The van der Waals surface area contributed by atoms with Crippen LogP contribution in [0.5, 0.6) is 0 Å². The van der Waals surface area contributed by atoms with Crippen LogP contribution >= 0.6 is 0 Å². The minimum Gasteiger partial charge on any atom is -0.480 e. The summed E-state index contributed by atoms with van der Waals surface area (Å²) in [5.41, 5.74) is 6.56. The van der Waals surface area contributed by atoms with Gasteiger partial charge in [-0.25, -0.2) is 14.8 Å². The monoisotopic (exact) mass is 593 g/mol. The summed E-state index contributed by atoms with van der Waals surface area (Å²) in [6.45, 7) is 0.766. The van der Waals surface area contributed by atoms with Crippen LogP contribution in [0.1, 0.15) is 61.0 Å². The Morgan fingerprint density at radius 2 is 1.74 bits per heavy atom. The second-order valence-corrected chi connectivity index (χ2v) is 10.3. The zero-order valence-electron chi connectivity index (χ0n) is 23.5. The molecule has 3 amide bonds. The second-order valence-electron chi connectivity index (χ2n) is 10.3. The van der Waals surface area contributed by atoms with Gasteiger partial charge < -0.3 is 32.1 Å². The van der Waals surface area contributed by atoms with Gasteiger partial charge in [-0.05, 0) is 43.5 Å². The minimum absolute atomic E-state index is 0.00697. The molecule has 0 spiro atoms. The summed E-state index contributed by atoms with van der Waals surface area (Å²) in [4.78, 5) is 75.4. The number of carbonyl (C=O) groups excluding carboxylic acids is 3. The van der Waals surface area contributed by atoms with Crippen LogP contribution in [0.4, 0.5) is 11.6 Å². The third-order valence-electron chi connectivity index (χ3n) is 7.09. The number of rotatable bonds is 13. The van der Waals surface area contributed by atoms with E-state index >= 15 is 0 Å². The van der Waals surface area contributed by atoms with E-state index in [0.717, 1.165) is 32.1 Å². The number of nitrogens with two attached hydrogens (primary N) is 1. The van der Waals surface area contributed by atoms with Gasteiger partial charge in [-0.15, -0.1) is 0 Å². The van der Waals surface area contributed by atoms with E-state index in [0.29, 0.717) is 17.9 Å². The molecule has 1 aliphatic carbocycles. The number of carbonyl (C=O) groups is 4. The summed E-state index contributed by atoms with van der Waals surface area (Å²) in [5, 5.41) is 20.6. The molecule has 1 fully saturated rings. The molecule has 15 nitrogen and oxygen atoms in total. The van der Waals surface area contributed by atoms with Crippen molar-refractivity contribution in [3.63, 3.8) is 0 Å². The van der Waals surface area contributed by atoms with Crippen LogP contribution in [0.2, 0.25) is 0 Å². The molecule has 228 valence electrons. The molecule has 8 N–H and O–H groups in total. The van der Waals surface area contributed by atoms with Gasteiger partial charge in [0.1, 0.15) is 6.04 Å². The number of aliphatic carboxylic acids is 1. The number of benzene rings is 1. The minimum atomic E-state index is -1.26. The molecule has 2 heterocycles. The number of hydrogen-bond acceptors (Lipinski definition) is 10. The van der Waals surface area contributed by atoms with Crippen LogP contribution in [0.3, 0.4) is 0 Å². The Morgan fingerprint density at radius 1 is 1.02 bits per heavy atom. The molecule has 2 aromatic heterocycles. The number of hydrogen-bond donors (Lipinski definition) is 7. The molecule has 3 aromatic rings. The maximum Gasteiger partial charge on any atom is 0.326 e. The van der Waals surface area contributed by atoms with E-state index in [9.17, 15) is 29.1 Å². The third kappa shape index (κ3) is 8.95. The molecule has 1 unspecified atom stereocenters. The Labute approximate surface area is 246 Å². The maximum absolute atomic E-state index is 12.7. The molecule has 1 atom stereocenters. The summed E-state index contributed by atoms with van der Waals surface area (Å²) >= 11 is 0. The first-order chi connectivity index (χ1) is 20.7. The molecular formula is C28H35N9O6. The number of anilines is 2. The van der Waals surface area contributed by atoms with Gasteiger partial charge in [-0.2, -0.15) is 4.98 Å². The quantitative estimate of drug-likeness (QED) is 0.136. The summed E-state index contributed by atoms with van der Waals surface area (Å²) in [5.74, 6) is -2.24. The van der Waals surface area contributed by atoms with Gasteiger partial charge in [0.25, 0.3) is 11.5 Å². The van der Waals surface area contributed by atoms with E-state index in [1.165, 1.54) is 18.3 Å². The highest BCUT2D eigenvalue weighted by atomic mass is 16.4. The fourth-order valence-corrected chi connectivity index (χ4v) is 4.75. The predicted molar refractivity (Wildman–Crippen MR) is 157 cm³/mol. The van der Waals surface area contributed by atoms with E-state index in [1.807, 2.05) is 0 Å². The average molecular weight is 594 g/mol.